The smallest absolute Gasteiger partial charge is 0.223 e. The third kappa shape index (κ3) is 3.91. The molecule has 0 aliphatic rings. The van der Waals surface area contributed by atoms with Crippen molar-refractivity contribution >= 4 is 17.5 Å². The zero-order valence-corrected chi connectivity index (χ0v) is 11.6. The van der Waals surface area contributed by atoms with Crippen molar-refractivity contribution in [2.45, 2.75) is 13.3 Å². The van der Waals surface area contributed by atoms with Gasteiger partial charge in [0.1, 0.15) is 0 Å². The molecule has 1 heterocycles. The lowest BCUT2D eigenvalue weighted by atomic mass is 10.1. The quantitative estimate of drug-likeness (QED) is 0.824. The fourth-order valence-electron chi connectivity index (χ4n) is 1.72. The first-order valence-corrected chi connectivity index (χ1v) is 6.62. The lowest BCUT2D eigenvalue weighted by molar-refractivity contribution is 0.862. The third-order valence-corrected chi connectivity index (χ3v) is 2.91. The molecule has 100 valence electrons. The molecule has 0 unspecified atom stereocenters. The van der Waals surface area contributed by atoms with Crippen LogP contribution in [0.15, 0.2) is 30.3 Å². The average Bonchev–Trinajstić information content (AvgIpc) is 2.39. The van der Waals surface area contributed by atoms with Gasteiger partial charge >= 0.3 is 0 Å². The predicted octanol–water partition coefficient (Wildman–Crippen LogP) is 2.87. The summed E-state index contributed by atoms with van der Waals surface area (Å²) < 4.78 is 0. The predicted molar refractivity (Wildman–Crippen MR) is 79.4 cm³/mol. The number of nitrogens with zero attached hydrogens (tertiary/aromatic N) is 2. The highest BCUT2D eigenvalue weighted by atomic mass is 35.5. The first kappa shape index (κ1) is 13.8. The van der Waals surface area contributed by atoms with Crippen LogP contribution >= 0.6 is 11.6 Å². The zero-order valence-electron chi connectivity index (χ0n) is 10.9. The number of benzene rings is 1. The maximum atomic E-state index is 5.89. The van der Waals surface area contributed by atoms with E-state index in [1.54, 1.807) is 0 Å². The summed E-state index contributed by atoms with van der Waals surface area (Å²) in [7, 11) is 0. The molecule has 0 saturated heterocycles. The van der Waals surface area contributed by atoms with E-state index in [4.69, 9.17) is 17.3 Å². The van der Waals surface area contributed by atoms with Gasteiger partial charge in [-0.3, -0.25) is 0 Å². The minimum atomic E-state index is 0.637. The minimum absolute atomic E-state index is 0.637. The van der Waals surface area contributed by atoms with Crippen molar-refractivity contribution in [1.29, 1.82) is 0 Å². The molecule has 0 saturated carbocycles. The molecule has 19 heavy (non-hydrogen) atoms. The van der Waals surface area contributed by atoms with E-state index in [1.807, 2.05) is 37.3 Å². The largest absolute Gasteiger partial charge is 0.354 e. The molecule has 2 aromatic rings. The maximum Gasteiger partial charge on any atom is 0.223 e. The van der Waals surface area contributed by atoms with Crippen molar-refractivity contribution in [3.8, 4) is 11.3 Å². The lowest BCUT2D eigenvalue weighted by Gasteiger charge is -2.08. The fraction of sp³-hybridized carbons (Fsp3) is 0.286. The Hall–Kier alpha value is -1.65. The number of hydrogen-bond donors (Lipinski definition) is 2. The summed E-state index contributed by atoms with van der Waals surface area (Å²) in [5, 5.41) is 3.90. The summed E-state index contributed by atoms with van der Waals surface area (Å²) in [6, 6.07) is 9.57. The molecule has 1 aromatic heterocycles. The Bertz CT molecular complexity index is 540. The van der Waals surface area contributed by atoms with Crippen LogP contribution in [0, 0.1) is 6.92 Å². The monoisotopic (exact) mass is 276 g/mol. The number of anilines is 1. The molecule has 4 nitrogen and oxygen atoms in total. The van der Waals surface area contributed by atoms with Crippen molar-refractivity contribution in [3.63, 3.8) is 0 Å². The zero-order chi connectivity index (χ0) is 13.7. The highest BCUT2D eigenvalue weighted by Crippen LogP contribution is 2.21. The molecule has 0 amide bonds. The van der Waals surface area contributed by atoms with E-state index in [0.717, 1.165) is 34.9 Å². The molecule has 0 bridgehead atoms. The SMILES string of the molecule is Cc1cc(-c2ccc(Cl)cc2)nc(NCCCN)n1. The highest BCUT2D eigenvalue weighted by Gasteiger charge is 2.04. The Kier molecular flexibility index (Phi) is 4.71. The van der Waals surface area contributed by atoms with Gasteiger partial charge in [-0.25, -0.2) is 9.97 Å². The van der Waals surface area contributed by atoms with Gasteiger partial charge in [0.15, 0.2) is 0 Å². The molecule has 3 N–H and O–H groups in total. The summed E-state index contributed by atoms with van der Waals surface area (Å²) in [5.74, 6) is 0.637. The van der Waals surface area contributed by atoms with Crippen molar-refractivity contribution in [3.05, 3.63) is 41.0 Å². The Balaban J connectivity index is 2.23. The molecule has 0 aliphatic carbocycles. The van der Waals surface area contributed by atoms with Crippen LogP contribution < -0.4 is 11.1 Å². The highest BCUT2D eigenvalue weighted by molar-refractivity contribution is 6.30. The molecule has 0 atom stereocenters. The van der Waals surface area contributed by atoms with Crippen molar-refractivity contribution in [2.24, 2.45) is 5.73 Å². The summed E-state index contributed by atoms with van der Waals surface area (Å²) in [4.78, 5) is 8.86. The van der Waals surface area contributed by atoms with Crippen LogP contribution in [0.4, 0.5) is 5.95 Å². The fourth-order valence-corrected chi connectivity index (χ4v) is 1.84. The number of aryl methyl sites for hydroxylation is 1. The van der Waals surface area contributed by atoms with Crippen LogP contribution in [0.25, 0.3) is 11.3 Å². The molecule has 5 heteroatoms. The topological polar surface area (TPSA) is 63.8 Å². The van der Waals surface area contributed by atoms with Gasteiger partial charge in [-0.05, 0) is 38.1 Å². The van der Waals surface area contributed by atoms with Gasteiger partial charge in [0.25, 0.3) is 0 Å². The van der Waals surface area contributed by atoms with E-state index in [2.05, 4.69) is 15.3 Å². The Morgan fingerprint density at radius 2 is 1.95 bits per heavy atom. The summed E-state index contributed by atoms with van der Waals surface area (Å²) in [6.45, 7) is 3.39. The number of halogens is 1. The van der Waals surface area contributed by atoms with Gasteiger partial charge in [0.05, 0.1) is 5.69 Å². The van der Waals surface area contributed by atoms with Gasteiger partial charge < -0.3 is 11.1 Å². The number of nitrogens with two attached hydrogens (primary N) is 1. The van der Waals surface area contributed by atoms with Gasteiger partial charge in [-0.15, -0.1) is 0 Å². The van der Waals surface area contributed by atoms with Crippen LogP contribution in [0.1, 0.15) is 12.1 Å². The second-order valence-corrected chi connectivity index (χ2v) is 4.73. The van der Waals surface area contributed by atoms with Crippen molar-refractivity contribution in [2.75, 3.05) is 18.4 Å². The maximum absolute atomic E-state index is 5.89. The van der Waals surface area contributed by atoms with E-state index in [1.165, 1.54) is 0 Å². The number of nitrogens with one attached hydrogen (secondary N) is 1. The first-order valence-electron chi connectivity index (χ1n) is 6.24. The third-order valence-electron chi connectivity index (χ3n) is 2.66. The van der Waals surface area contributed by atoms with E-state index < -0.39 is 0 Å². The second kappa shape index (κ2) is 6.50. The Morgan fingerprint density at radius 1 is 1.21 bits per heavy atom. The van der Waals surface area contributed by atoms with E-state index >= 15 is 0 Å². The molecule has 0 aliphatic heterocycles. The number of rotatable bonds is 5. The second-order valence-electron chi connectivity index (χ2n) is 4.29. The van der Waals surface area contributed by atoms with E-state index in [0.29, 0.717) is 12.5 Å². The summed E-state index contributed by atoms with van der Waals surface area (Å²) >= 11 is 5.89. The van der Waals surface area contributed by atoms with E-state index in [-0.39, 0.29) is 0 Å². The van der Waals surface area contributed by atoms with Crippen LogP contribution in [-0.2, 0) is 0 Å². The molecule has 2 rings (SSSR count). The van der Waals surface area contributed by atoms with Crippen molar-refractivity contribution in [1.82, 2.24) is 9.97 Å². The Morgan fingerprint density at radius 3 is 2.63 bits per heavy atom. The van der Waals surface area contributed by atoms with Crippen LogP contribution in [-0.4, -0.2) is 23.1 Å². The Labute approximate surface area is 118 Å². The first-order chi connectivity index (χ1) is 9.19. The molecular weight excluding hydrogens is 260 g/mol. The van der Waals surface area contributed by atoms with Crippen LogP contribution in [0.3, 0.4) is 0 Å². The van der Waals surface area contributed by atoms with Gasteiger partial charge in [-0.2, -0.15) is 0 Å². The van der Waals surface area contributed by atoms with E-state index in [9.17, 15) is 0 Å². The number of hydrogen-bond acceptors (Lipinski definition) is 4. The number of aromatic nitrogens is 2. The summed E-state index contributed by atoms with van der Waals surface area (Å²) in [5.41, 5.74) is 8.30. The summed E-state index contributed by atoms with van der Waals surface area (Å²) in [6.07, 6.45) is 0.896. The normalized spacial score (nSPS) is 10.5. The molecular formula is C14H17ClN4. The average molecular weight is 277 g/mol. The molecule has 0 radical (unpaired) electrons. The van der Waals surface area contributed by atoms with Gasteiger partial charge in [0.2, 0.25) is 5.95 Å². The lowest BCUT2D eigenvalue weighted by Crippen LogP contribution is -2.11. The molecule has 1 aromatic carbocycles. The van der Waals surface area contributed by atoms with Gasteiger partial charge in [-0.1, -0.05) is 23.7 Å². The van der Waals surface area contributed by atoms with Gasteiger partial charge in [0, 0.05) is 22.8 Å². The standard InChI is InChI=1S/C14H17ClN4/c1-10-9-13(11-3-5-12(15)6-4-11)19-14(18-10)17-8-2-7-16/h3-6,9H,2,7-8,16H2,1H3,(H,17,18,19). The van der Waals surface area contributed by atoms with Crippen LogP contribution in [0.5, 0.6) is 0 Å². The molecule has 0 spiro atoms. The minimum Gasteiger partial charge on any atom is -0.354 e. The van der Waals surface area contributed by atoms with Crippen LogP contribution in [0.2, 0.25) is 5.02 Å². The van der Waals surface area contributed by atoms with Crippen molar-refractivity contribution < 1.29 is 0 Å². The molecule has 0 fully saturated rings.